The van der Waals surface area contributed by atoms with Gasteiger partial charge < -0.3 is 14.8 Å². The second-order valence-electron chi connectivity index (χ2n) is 5.84. The number of hydrogen-bond acceptors (Lipinski definition) is 5. The third-order valence-corrected chi connectivity index (χ3v) is 5.31. The molecule has 0 saturated heterocycles. The summed E-state index contributed by atoms with van der Waals surface area (Å²) in [6.07, 6.45) is 7.00. The molecular formula is C18H25NO4S. The molecule has 0 fully saturated rings. The van der Waals surface area contributed by atoms with E-state index in [-0.39, 0.29) is 11.9 Å². The van der Waals surface area contributed by atoms with E-state index in [0.717, 1.165) is 37.7 Å². The highest BCUT2D eigenvalue weighted by molar-refractivity contribution is 7.17. The van der Waals surface area contributed by atoms with Crippen LogP contribution >= 0.6 is 11.3 Å². The fraction of sp³-hybridized carbons (Fsp3) is 0.556. The molecule has 1 aromatic rings. The Hall–Kier alpha value is -1.66. The molecule has 6 heteroatoms. The topological polar surface area (TPSA) is 64.6 Å². The van der Waals surface area contributed by atoms with Crippen molar-refractivity contribution in [2.75, 3.05) is 19.0 Å². The Labute approximate surface area is 147 Å². The fourth-order valence-corrected chi connectivity index (χ4v) is 4.05. The molecule has 1 heterocycles. The number of thiophene rings is 1. The van der Waals surface area contributed by atoms with E-state index in [2.05, 4.69) is 11.9 Å². The first-order valence-corrected chi connectivity index (χ1v) is 9.16. The van der Waals surface area contributed by atoms with Gasteiger partial charge in [0.1, 0.15) is 11.1 Å². The van der Waals surface area contributed by atoms with Gasteiger partial charge in [-0.3, -0.25) is 4.79 Å². The van der Waals surface area contributed by atoms with Gasteiger partial charge in [-0.25, -0.2) is 4.79 Å². The molecule has 132 valence electrons. The number of rotatable bonds is 7. The Kier molecular flexibility index (Phi) is 6.99. The zero-order valence-electron chi connectivity index (χ0n) is 14.4. The number of carbonyl (C=O) groups is 2. The maximum absolute atomic E-state index is 12.3. The SMILES string of the molecule is C=CCCOC(C)C(=O)Nc1sc2c(c1C(=O)OC)CCCCC2. The van der Waals surface area contributed by atoms with E-state index in [9.17, 15) is 9.59 Å². The fourth-order valence-electron chi connectivity index (χ4n) is 2.77. The van der Waals surface area contributed by atoms with Gasteiger partial charge in [0.15, 0.2) is 0 Å². The van der Waals surface area contributed by atoms with Crippen LogP contribution in [0.5, 0.6) is 0 Å². The summed E-state index contributed by atoms with van der Waals surface area (Å²) in [5.41, 5.74) is 1.56. The van der Waals surface area contributed by atoms with Crippen molar-refractivity contribution in [3.05, 3.63) is 28.7 Å². The van der Waals surface area contributed by atoms with Crippen molar-refractivity contribution in [3.63, 3.8) is 0 Å². The standard InChI is InChI=1S/C18H25NO4S/c1-4-5-11-23-12(2)16(20)19-17-15(18(21)22-3)13-9-7-6-8-10-14(13)24-17/h4,12H,1,5-11H2,2-3H3,(H,19,20). The predicted octanol–water partition coefficient (Wildman–Crippen LogP) is 3.72. The van der Waals surface area contributed by atoms with E-state index in [1.54, 1.807) is 13.0 Å². The number of carbonyl (C=O) groups excluding carboxylic acids is 2. The minimum atomic E-state index is -0.586. The normalized spacial score (nSPS) is 15.1. The van der Waals surface area contributed by atoms with Gasteiger partial charge in [0.25, 0.3) is 5.91 Å². The number of aryl methyl sites for hydroxylation is 1. The highest BCUT2D eigenvalue weighted by atomic mass is 32.1. The van der Waals surface area contributed by atoms with Gasteiger partial charge in [-0.2, -0.15) is 0 Å². The van der Waals surface area contributed by atoms with Crippen LogP contribution in [0.1, 0.15) is 53.4 Å². The van der Waals surface area contributed by atoms with Gasteiger partial charge in [-0.1, -0.05) is 12.5 Å². The maximum atomic E-state index is 12.3. The average Bonchev–Trinajstić information content (AvgIpc) is 2.75. The summed E-state index contributed by atoms with van der Waals surface area (Å²) in [5, 5.41) is 3.44. The lowest BCUT2D eigenvalue weighted by Gasteiger charge is -2.13. The minimum Gasteiger partial charge on any atom is -0.465 e. The molecule has 0 spiro atoms. The zero-order chi connectivity index (χ0) is 17.5. The Morgan fingerprint density at radius 2 is 2.08 bits per heavy atom. The summed E-state index contributed by atoms with van der Waals surface area (Å²) in [5.74, 6) is -0.634. The van der Waals surface area contributed by atoms with E-state index < -0.39 is 6.10 Å². The van der Waals surface area contributed by atoms with Gasteiger partial charge in [0, 0.05) is 4.88 Å². The van der Waals surface area contributed by atoms with Crippen molar-refractivity contribution in [2.24, 2.45) is 0 Å². The summed E-state index contributed by atoms with van der Waals surface area (Å²) in [6.45, 7) is 5.78. The molecule has 1 aliphatic carbocycles. The lowest BCUT2D eigenvalue weighted by Crippen LogP contribution is -2.28. The van der Waals surface area contributed by atoms with Crippen LogP contribution in [0.25, 0.3) is 0 Å². The lowest BCUT2D eigenvalue weighted by molar-refractivity contribution is -0.126. The van der Waals surface area contributed by atoms with Crippen LogP contribution in [0.2, 0.25) is 0 Å². The highest BCUT2D eigenvalue weighted by Crippen LogP contribution is 2.38. The molecule has 1 amide bonds. The van der Waals surface area contributed by atoms with E-state index in [4.69, 9.17) is 9.47 Å². The van der Waals surface area contributed by atoms with Crippen molar-refractivity contribution in [2.45, 2.75) is 51.6 Å². The summed E-state index contributed by atoms with van der Waals surface area (Å²) >= 11 is 1.49. The molecule has 5 nitrogen and oxygen atoms in total. The number of anilines is 1. The Balaban J connectivity index is 2.18. The van der Waals surface area contributed by atoms with Gasteiger partial charge >= 0.3 is 5.97 Å². The number of methoxy groups -OCH3 is 1. The number of fused-ring (bicyclic) bond motifs is 1. The van der Waals surface area contributed by atoms with Crippen molar-refractivity contribution in [1.82, 2.24) is 0 Å². The molecule has 1 aromatic heterocycles. The molecule has 1 N–H and O–H groups in total. The number of nitrogens with one attached hydrogen (secondary N) is 1. The number of hydrogen-bond donors (Lipinski definition) is 1. The van der Waals surface area contributed by atoms with Crippen molar-refractivity contribution in [3.8, 4) is 0 Å². The molecule has 0 aliphatic heterocycles. The molecule has 0 bridgehead atoms. The molecule has 0 aromatic carbocycles. The highest BCUT2D eigenvalue weighted by Gasteiger charge is 2.27. The van der Waals surface area contributed by atoms with Crippen LogP contribution in [0.4, 0.5) is 5.00 Å². The first-order valence-electron chi connectivity index (χ1n) is 8.34. The average molecular weight is 351 g/mol. The molecule has 1 unspecified atom stereocenters. The molecule has 24 heavy (non-hydrogen) atoms. The van der Waals surface area contributed by atoms with Gasteiger partial charge in [-0.15, -0.1) is 17.9 Å². The largest absolute Gasteiger partial charge is 0.465 e. The van der Waals surface area contributed by atoms with Crippen molar-refractivity contribution >= 4 is 28.2 Å². The summed E-state index contributed by atoms with van der Waals surface area (Å²) in [6, 6.07) is 0. The summed E-state index contributed by atoms with van der Waals surface area (Å²) in [7, 11) is 1.37. The second kappa shape index (κ2) is 8.99. The van der Waals surface area contributed by atoms with Crippen LogP contribution in [0.3, 0.4) is 0 Å². The van der Waals surface area contributed by atoms with Crippen molar-refractivity contribution in [1.29, 1.82) is 0 Å². The molecule has 0 radical (unpaired) electrons. The summed E-state index contributed by atoms with van der Waals surface area (Å²) < 4.78 is 10.4. The molecule has 1 atom stereocenters. The molecule has 2 rings (SSSR count). The van der Waals surface area contributed by atoms with Crippen LogP contribution in [-0.4, -0.2) is 31.7 Å². The number of ether oxygens (including phenoxy) is 2. The molecule has 1 aliphatic rings. The van der Waals surface area contributed by atoms with E-state index >= 15 is 0 Å². The van der Waals surface area contributed by atoms with Crippen molar-refractivity contribution < 1.29 is 19.1 Å². The first-order chi connectivity index (χ1) is 11.6. The number of amides is 1. The third-order valence-electron chi connectivity index (χ3n) is 4.11. The Morgan fingerprint density at radius 1 is 1.33 bits per heavy atom. The van der Waals surface area contributed by atoms with Crippen LogP contribution in [0.15, 0.2) is 12.7 Å². The van der Waals surface area contributed by atoms with E-state index in [1.165, 1.54) is 23.3 Å². The second-order valence-corrected chi connectivity index (χ2v) is 6.94. The molecule has 0 saturated carbocycles. The van der Waals surface area contributed by atoms with Gasteiger partial charge in [0.2, 0.25) is 0 Å². The minimum absolute atomic E-state index is 0.249. The monoisotopic (exact) mass is 351 g/mol. The smallest absolute Gasteiger partial charge is 0.341 e. The number of esters is 1. The zero-order valence-corrected chi connectivity index (χ0v) is 15.2. The van der Waals surface area contributed by atoms with Gasteiger partial charge in [0.05, 0.1) is 19.3 Å². The maximum Gasteiger partial charge on any atom is 0.341 e. The predicted molar refractivity (Wildman–Crippen MR) is 95.8 cm³/mol. The van der Waals surface area contributed by atoms with Gasteiger partial charge in [-0.05, 0) is 44.6 Å². The molecular weight excluding hydrogens is 326 g/mol. The Bertz CT molecular complexity index is 608. The first kappa shape index (κ1) is 18.7. The van der Waals surface area contributed by atoms with Crippen LogP contribution in [0, 0.1) is 0 Å². The van der Waals surface area contributed by atoms with E-state index in [0.29, 0.717) is 23.6 Å². The van der Waals surface area contributed by atoms with Crippen LogP contribution in [-0.2, 0) is 27.1 Å². The van der Waals surface area contributed by atoms with E-state index in [1.807, 2.05) is 0 Å². The van der Waals surface area contributed by atoms with Crippen LogP contribution < -0.4 is 5.32 Å². The Morgan fingerprint density at radius 3 is 2.79 bits per heavy atom. The summed E-state index contributed by atoms with van der Waals surface area (Å²) in [4.78, 5) is 25.8. The quantitative estimate of drug-likeness (QED) is 0.352. The lowest BCUT2D eigenvalue weighted by atomic mass is 10.1. The third kappa shape index (κ3) is 4.45.